The van der Waals surface area contributed by atoms with E-state index in [1.807, 2.05) is 24.3 Å². The first-order valence-electron chi connectivity index (χ1n) is 7.67. The molecule has 0 spiro atoms. The molecule has 0 saturated carbocycles. The molecule has 1 aromatic heterocycles. The first-order chi connectivity index (χ1) is 12.3. The number of amides is 1. The van der Waals surface area contributed by atoms with Gasteiger partial charge in [0.15, 0.2) is 9.84 Å². The Hall–Kier alpha value is -3.06. The van der Waals surface area contributed by atoms with Crippen LogP contribution in [-0.4, -0.2) is 25.6 Å². The number of anilines is 1. The summed E-state index contributed by atoms with van der Waals surface area (Å²) in [5.74, 6) is -1.50. The first kappa shape index (κ1) is 17.8. The van der Waals surface area contributed by atoms with E-state index in [0.29, 0.717) is 5.69 Å². The number of benzene rings is 2. The summed E-state index contributed by atoms with van der Waals surface area (Å²) in [4.78, 5) is 16.1. The van der Waals surface area contributed by atoms with E-state index < -0.39 is 26.5 Å². The summed E-state index contributed by atoms with van der Waals surface area (Å²) in [6.07, 6.45) is 2.58. The number of carbonyl (C=O) groups excluding carboxylic acids is 1. The number of hydrogen-bond donors (Lipinski definition) is 1. The van der Waals surface area contributed by atoms with Crippen LogP contribution in [0.1, 0.15) is 10.4 Å². The fraction of sp³-hybridized carbons (Fsp3) is 0.0526. The number of hydrogen-bond acceptors (Lipinski definition) is 4. The van der Waals surface area contributed by atoms with Crippen LogP contribution in [0.4, 0.5) is 10.1 Å². The zero-order valence-corrected chi connectivity index (χ0v) is 14.6. The SMILES string of the molecule is CS(=O)(=O)c1ccc(C(=O)Nc2cccc(-c3ccccn3)c2)cc1F. The fourth-order valence-corrected chi connectivity index (χ4v) is 3.16. The van der Waals surface area contributed by atoms with Crippen molar-refractivity contribution in [3.05, 3.63) is 78.2 Å². The Labute approximate surface area is 150 Å². The van der Waals surface area contributed by atoms with Gasteiger partial charge in [-0.2, -0.15) is 0 Å². The van der Waals surface area contributed by atoms with Crippen LogP contribution in [0.5, 0.6) is 0 Å². The standard InChI is InChI=1S/C19H15FN2O3S/c1-26(24,25)18-9-8-14(12-16(18)20)19(23)22-15-6-4-5-13(11-15)17-7-2-3-10-21-17/h2-12H,1H3,(H,22,23). The average molecular weight is 370 g/mol. The van der Waals surface area contributed by atoms with E-state index in [0.717, 1.165) is 29.6 Å². The maximum Gasteiger partial charge on any atom is 0.255 e. The Bertz CT molecular complexity index is 1070. The van der Waals surface area contributed by atoms with Gasteiger partial charge >= 0.3 is 0 Å². The van der Waals surface area contributed by atoms with Gasteiger partial charge in [0.25, 0.3) is 5.91 Å². The summed E-state index contributed by atoms with van der Waals surface area (Å²) in [6, 6.07) is 15.9. The zero-order valence-electron chi connectivity index (χ0n) is 13.8. The fourth-order valence-electron chi connectivity index (χ4n) is 2.44. The topological polar surface area (TPSA) is 76.1 Å². The second-order valence-corrected chi connectivity index (χ2v) is 7.65. The monoisotopic (exact) mass is 370 g/mol. The Morgan fingerprint density at radius 3 is 2.50 bits per heavy atom. The Morgan fingerprint density at radius 2 is 1.85 bits per heavy atom. The number of carbonyl (C=O) groups is 1. The molecule has 7 heteroatoms. The van der Waals surface area contributed by atoms with Gasteiger partial charge in [-0.15, -0.1) is 0 Å². The maximum absolute atomic E-state index is 14.0. The van der Waals surface area contributed by atoms with E-state index >= 15 is 0 Å². The van der Waals surface area contributed by atoms with E-state index in [4.69, 9.17) is 0 Å². The highest BCUT2D eigenvalue weighted by molar-refractivity contribution is 7.90. The lowest BCUT2D eigenvalue weighted by Crippen LogP contribution is -2.13. The smallest absolute Gasteiger partial charge is 0.255 e. The van der Waals surface area contributed by atoms with Crippen molar-refractivity contribution in [3.63, 3.8) is 0 Å². The molecule has 5 nitrogen and oxygen atoms in total. The van der Waals surface area contributed by atoms with E-state index in [1.54, 1.807) is 24.4 Å². The molecule has 1 amide bonds. The number of nitrogens with one attached hydrogen (secondary N) is 1. The lowest BCUT2D eigenvalue weighted by Gasteiger charge is -2.08. The molecule has 0 bridgehead atoms. The molecule has 1 heterocycles. The van der Waals surface area contributed by atoms with Crippen molar-refractivity contribution in [2.45, 2.75) is 4.90 Å². The van der Waals surface area contributed by atoms with E-state index in [-0.39, 0.29) is 5.56 Å². The quantitative estimate of drug-likeness (QED) is 0.762. The average Bonchev–Trinajstić information content (AvgIpc) is 2.61. The highest BCUT2D eigenvalue weighted by Gasteiger charge is 2.16. The van der Waals surface area contributed by atoms with Crippen molar-refractivity contribution in [2.24, 2.45) is 0 Å². The summed E-state index contributed by atoms with van der Waals surface area (Å²) >= 11 is 0. The number of nitrogens with zero attached hydrogens (tertiary/aromatic N) is 1. The summed E-state index contributed by atoms with van der Waals surface area (Å²) in [5.41, 5.74) is 2.12. The van der Waals surface area contributed by atoms with Crippen LogP contribution in [0, 0.1) is 5.82 Å². The van der Waals surface area contributed by atoms with Gasteiger partial charge in [-0.25, -0.2) is 12.8 Å². The number of pyridine rings is 1. The van der Waals surface area contributed by atoms with Crippen LogP contribution < -0.4 is 5.32 Å². The van der Waals surface area contributed by atoms with Crippen molar-refractivity contribution in [2.75, 3.05) is 11.6 Å². The molecule has 0 fully saturated rings. The molecule has 3 aromatic rings. The van der Waals surface area contributed by atoms with E-state index in [2.05, 4.69) is 10.3 Å². The molecule has 0 aliphatic rings. The molecule has 1 N–H and O–H groups in total. The molecule has 0 saturated heterocycles. The normalized spacial score (nSPS) is 11.2. The van der Waals surface area contributed by atoms with E-state index in [9.17, 15) is 17.6 Å². The first-order valence-corrected chi connectivity index (χ1v) is 9.56. The van der Waals surface area contributed by atoms with E-state index in [1.165, 1.54) is 6.07 Å². The molecular formula is C19H15FN2O3S. The highest BCUT2D eigenvalue weighted by Crippen LogP contribution is 2.22. The summed E-state index contributed by atoms with van der Waals surface area (Å²) in [5, 5.41) is 2.67. The number of aromatic nitrogens is 1. The number of halogens is 1. The Balaban J connectivity index is 1.84. The minimum atomic E-state index is -3.68. The van der Waals surface area contributed by atoms with Gasteiger partial charge < -0.3 is 5.32 Å². The second kappa shape index (κ2) is 7.05. The van der Waals surface area contributed by atoms with Crippen LogP contribution in [-0.2, 0) is 9.84 Å². The van der Waals surface area contributed by atoms with Gasteiger partial charge in [-0.1, -0.05) is 18.2 Å². The van der Waals surface area contributed by atoms with Crippen molar-refractivity contribution in [3.8, 4) is 11.3 Å². The van der Waals surface area contributed by atoms with Gasteiger partial charge in [-0.05, 0) is 42.5 Å². The molecular weight excluding hydrogens is 355 g/mol. The van der Waals surface area contributed by atoms with Crippen LogP contribution >= 0.6 is 0 Å². The number of rotatable bonds is 4. The summed E-state index contributed by atoms with van der Waals surface area (Å²) in [7, 11) is -3.68. The maximum atomic E-state index is 14.0. The molecule has 3 rings (SSSR count). The van der Waals surface area contributed by atoms with Crippen molar-refractivity contribution < 1.29 is 17.6 Å². The highest BCUT2D eigenvalue weighted by atomic mass is 32.2. The minimum Gasteiger partial charge on any atom is -0.322 e. The molecule has 0 unspecified atom stereocenters. The third-order valence-electron chi connectivity index (χ3n) is 3.67. The van der Waals surface area contributed by atoms with Crippen molar-refractivity contribution in [1.82, 2.24) is 4.98 Å². The molecule has 2 aromatic carbocycles. The van der Waals surface area contributed by atoms with Gasteiger partial charge in [0.1, 0.15) is 10.7 Å². The third kappa shape index (κ3) is 3.94. The van der Waals surface area contributed by atoms with Crippen molar-refractivity contribution >= 4 is 21.4 Å². The van der Waals surface area contributed by atoms with Crippen LogP contribution in [0.2, 0.25) is 0 Å². The van der Waals surface area contributed by atoms with Crippen LogP contribution in [0.15, 0.2) is 71.8 Å². The van der Waals surface area contributed by atoms with Gasteiger partial charge in [-0.3, -0.25) is 9.78 Å². The minimum absolute atomic E-state index is 0.0261. The molecule has 0 atom stereocenters. The Kier molecular flexibility index (Phi) is 4.81. The Morgan fingerprint density at radius 1 is 1.04 bits per heavy atom. The second-order valence-electron chi connectivity index (χ2n) is 5.67. The van der Waals surface area contributed by atoms with Crippen molar-refractivity contribution in [1.29, 1.82) is 0 Å². The van der Waals surface area contributed by atoms with Crippen LogP contribution in [0.25, 0.3) is 11.3 Å². The largest absolute Gasteiger partial charge is 0.322 e. The molecule has 26 heavy (non-hydrogen) atoms. The number of sulfone groups is 1. The zero-order chi connectivity index (χ0) is 18.7. The summed E-state index contributed by atoms with van der Waals surface area (Å²) < 4.78 is 36.9. The predicted molar refractivity (Wildman–Crippen MR) is 97.1 cm³/mol. The predicted octanol–water partition coefficient (Wildman–Crippen LogP) is 3.54. The van der Waals surface area contributed by atoms with Gasteiger partial charge in [0.2, 0.25) is 0 Å². The third-order valence-corrected chi connectivity index (χ3v) is 4.80. The lowest BCUT2D eigenvalue weighted by atomic mass is 10.1. The summed E-state index contributed by atoms with van der Waals surface area (Å²) in [6.45, 7) is 0. The van der Waals surface area contributed by atoms with Crippen LogP contribution in [0.3, 0.4) is 0 Å². The molecule has 132 valence electrons. The molecule has 0 aliphatic carbocycles. The van der Waals surface area contributed by atoms with Gasteiger partial charge in [0.05, 0.1) is 5.69 Å². The molecule has 0 aliphatic heterocycles. The lowest BCUT2D eigenvalue weighted by molar-refractivity contribution is 0.102. The van der Waals surface area contributed by atoms with Gasteiger partial charge in [0, 0.05) is 29.3 Å². The molecule has 0 radical (unpaired) electrons.